The molecule has 1 N–H and O–H groups in total. The van der Waals surface area contributed by atoms with Gasteiger partial charge in [-0.3, -0.25) is 4.79 Å². The summed E-state index contributed by atoms with van der Waals surface area (Å²) in [6, 6.07) is 13.8. The molecular weight excluding hydrogens is 268 g/mol. The number of benzene rings is 2. The van der Waals surface area contributed by atoms with Crippen molar-refractivity contribution in [2.24, 2.45) is 0 Å². The van der Waals surface area contributed by atoms with Crippen molar-refractivity contribution in [1.29, 1.82) is 0 Å². The first-order valence-electron chi connectivity index (χ1n) is 4.77. The Morgan fingerprint density at radius 3 is 2.31 bits per heavy atom. The lowest BCUT2D eigenvalue weighted by Gasteiger charge is -2.02. The Labute approximate surface area is 102 Å². The number of halogens is 1. The van der Waals surface area contributed by atoms with Gasteiger partial charge in [-0.15, -0.1) is 0 Å². The van der Waals surface area contributed by atoms with Crippen molar-refractivity contribution in [1.82, 2.24) is 0 Å². The number of rotatable bonds is 2. The van der Waals surface area contributed by atoms with E-state index in [0.29, 0.717) is 15.6 Å². The van der Waals surface area contributed by atoms with Gasteiger partial charge < -0.3 is 5.11 Å². The van der Waals surface area contributed by atoms with E-state index < -0.39 is 0 Å². The monoisotopic (exact) mass is 276 g/mol. The standard InChI is InChI=1S/C13H9BrO2/c14-11-8-10(6-7-12(11)15)13(16)9-4-2-1-3-5-9/h1-8,15H. The van der Waals surface area contributed by atoms with Gasteiger partial charge in [0.15, 0.2) is 5.78 Å². The van der Waals surface area contributed by atoms with Crippen LogP contribution < -0.4 is 0 Å². The molecule has 0 aliphatic rings. The van der Waals surface area contributed by atoms with E-state index in [0.717, 1.165) is 0 Å². The molecule has 0 saturated carbocycles. The highest BCUT2D eigenvalue weighted by atomic mass is 79.9. The van der Waals surface area contributed by atoms with Crippen molar-refractivity contribution in [2.45, 2.75) is 0 Å². The van der Waals surface area contributed by atoms with Gasteiger partial charge >= 0.3 is 0 Å². The van der Waals surface area contributed by atoms with Gasteiger partial charge in [0.25, 0.3) is 0 Å². The Morgan fingerprint density at radius 2 is 1.69 bits per heavy atom. The van der Waals surface area contributed by atoms with Gasteiger partial charge in [-0.25, -0.2) is 0 Å². The number of hydrogen-bond acceptors (Lipinski definition) is 2. The summed E-state index contributed by atoms with van der Waals surface area (Å²) < 4.78 is 0.522. The number of phenols is 1. The highest BCUT2D eigenvalue weighted by molar-refractivity contribution is 9.10. The normalized spacial score (nSPS) is 10.1. The smallest absolute Gasteiger partial charge is 0.193 e. The van der Waals surface area contributed by atoms with Crippen LogP contribution in [0.5, 0.6) is 5.75 Å². The maximum absolute atomic E-state index is 12.0. The number of phenolic OH excluding ortho intramolecular Hbond substituents is 1. The van der Waals surface area contributed by atoms with Crippen LogP contribution in [0.2, 0.25) is 0 Å². The van der Waals surface area contributed by atoms with Gasteiger partial charge in [-0.05, 0) is 34.1 Å². The van der Waals surface area contributed by atoms with Crippen LogP contribution in [-0.2, 0) is 0 Å². The van der Waals surface area contributed by atoms with Crippen LogP contribution in [0.4, 0.5) is 0 Å². The van der Waals surface area contributed by atoms with Crippen LogP contribution in [0.1, 0.15) is 15.9 Å². The summed E-state index contributed by atoms with van der Waals surface area (Å²) in [6.45, 7) is 0. The van der Waals surface area contributed by atoms with Crippen molar-refractivity contribution in [3.63, 3.8) is 0 Å². The van der Waals surface area contributed by atoms with Crippen molar-refractivity contribution in [3.8, 4) is 5.75 Å². The third-order valence-corrected chi connectivity index (χ3v) is 2.88. The molecule has 0 aliphatic carbocycles. The number of aromatic hydroxyl groups is 1. The Kier molecular flexibility index (Phi) is 3.06. The van der Waals surface area contributed by atoms with Crippen LogP contribution in [-0.4, -0.2) is 10.9 Å². The molecule has 80 valence electrons. The lowest BCUT2D eigenvalue weighted by Crippen LogP contribution is -2.00. The molecule has 3 heteroatoms. The third kappa shape index (κ3) is 2.14. The van der Waals surface area contributed by atoms with Crippen LogP contribution >= 0.6 is 15.9 Å². The average molecular weight is 277 g/mol. The predicted molar refractivity (Wildman–Crippen MR) is 65.7 cm³/mol. The van der Waals surface area contributed by atoms with E-state index in [1.807, 2.05) is 18.2 Å². The minimum Gasteiger partial charge on any atom is -0.507 e. The number of hydrogen-bond donors (Lipinski definition) is 1. The summed E-state index contributed by atoms with van der Waals surface area (Å²) >= 11 is 3.18. The molecule has 2 aromatic carbocycles. The molecule has 0 atom stereocenters. The van der Waals surface area contributed by atoms with E-state index in [9.17, 15) is 9.90 Å². The third-order valence-electron chi connectivity index (χ3n) is 2.25. The van der Waals surface area contributed by atoms with E-state index in [-0.39, 0.29) is 11.5 Å². The van der Waals surface area contributed by atoms with Crippen LogP contribution in [0.15, 0.2) is 53.0 Å². The van der Waals surface area contributed by atoms with Gasteiger partial charge in [0.2, 0.25) is 0 Å². The van der Waals surface area contributed by atoms with Crippen molar-refractivity contribution in [2.75, 3.05) is 0 Å². The molecule has 16 heavy (non-hydrogen) atoms. The molecule has 0 spiro atoms. The van der Waals surface area contributed by atoms with Gasteiger partial charge in [0.05, 0.1) is 4.47 Å². The molecule has 0 unspecified atom stereocenters. The average Bonchev–Trinajstić information content (AvgIpc) is 2.33. The zero-order chi connectivity index (χ0) is 11.5. The quantitative estimate of drug-likeness (QED) is 0.854. The SMILES string of the molecule is O=C(c1ccccc1)c1ccc(O)c(Br)c1. The summed E-state index contributed by atoms with van der Waals surface area (Å²) in [6.07, 6.45) is 0. The molecule has 0 radical (unpaired) electrons. The summed E-state index contributed by atoms with van der Waals surface area (Å²) in [5, 5.41) is 9.34. The number of ketones is 1. The summed E-state index contributed by atoms with van der Waals surface area (Å²) in [7, 11) is 0. The van der Waals surface area contributed by atoms with Gasteiger partial charge in [0, 0.05) is 11.1 Å². The Morgan fingerprint density at radius 1 is 1.00 bits per heavy atom. The molecule has 2 rings (SSSR count). The summed E-state index contributed by atoms with van der Waals surface area (Å²) in [4.78, 5) is 12.0. The lowest BCUT2D eigenvalue weighted by atomic mass is 10.0. The first-order chi connectivity index (χ1) is 7.68. The Bertz CT molecular complexity index is 521. The highest BCUT2D eigenvalue weighted by Gasteiger charge is 2.09. The molecule has 0 amide bonds. The molecule has 0 aliphatic heterocycles. The summed E-state index contributed by atoms with van der Waals surface area (Å²) in [5.74, 6) is 0.0749. The van der Waals surface area contributed by atoms with Crippen molar-refractivity contribution >= 4 is 21.7 Å². The lowest BCUT2D eigenvalue weighted by molar-refractivity contribution is 0.103. The summed E-state index contributed by atoms with van der Waals surface area (Å²) in [5.41, 5.74) is 1.19. The molecule has 0 bridgehead atoms. The fourth-order valence-corrected chi connectivity index (χ4v) is 1.78. The minimum atomic E-state index is -0.0544. The molecule has 2 aromatic rings. The van der Waals surface area contributed by atoms with Crippen LogP contribution in [0, 0.1) is 0 Å². The first kappa shape index (κ1) is 10.9. The van der Waals surface area contributed by atoms with E-state index in [2.05, 4.69) is 15.9 Å². The molecule has 0 saturated heterocycles. The maximum Gasteiger partial charge on any atom is 0.193 e. The van der Waals surface area contributed by atoms with Gasteiger partial charge in [-0.2, -0.15) is 0 Å². The fourth-order valence-electron chi connectivity index (χ4n) is 1.40. The van der Waals surface area contributed by atoms with Crippen LogP contribution in [0.25, 0.3) is 0 Å². The van der Waals surface area contributed by atoms with E-state index in [1.165, 1.54) is 6.07 Å². The Hall–Kier alpha value is -1.61. The van der Waals surface area contributed by atoms with E-state index >= 15 is 0 Å². The zero-order valence-electron chi connectivity index (χ0n) is 8.35. The predicted octanol–water partition coefficient (Wildman–Crippen LogP) is 3.39. The fraction of sp³-hybridized carbons (Fsp3) is 0. The number of carbonyl (C=O) groups excluding carboxylic acids is 1. The van der Waals surface area contributed by atoms with Crippen molar-refractivity contribution in [3.05, 3.63) is 64.1 Å². The minimum absolute atomic E-state index is 0.0544. The van der Waals surface area contributed by atoms with E-state index in [4.69, 9.17) is 0 Å². The van der Waals surface area contributed by atoms with Crippen LogP contribution in [0.3, 0.4) is 0 Å². The maximum atomic E-state index is 12.0. The number of carbonyl (C=O) groups is 1. The highest BCUT2D eigenvalue weighted by Crippen LogP contribution is 2.25. The molecule has 0 heterocycles. The van der Waals surface area contributed by atoms with E-state index in [1.54, 1.807) is 24.3 Å². The molecule has 0 aromatic heterocycles. The molecule has 2 nitrogen and oxygen atoms in total. The first-order valence-corrected chi connectivity index (χ1v) is 5.56. The topological polar surface area (TPSA) is 37.3 Å². The van der Waals surface area contributed by atoms with Gasteiger partial charge in [-0.1, -0.05) is 30.3 Å². The second-order valence-corrected chi connectivity index (χ2v) is 4.22. The zero-order valence-corrected chi connectivity index (χ0v) is 9.94. The largest absolute Gasteiger partial charge is 0.507 e. The van der Waals surface area contributed by atoms with Crippen molar-refractivity contribution < 1.29 is 9.90 Å². The second kappa shape index (κ2) is 4.49. The van der Waals surface area contributed by atoms with Gasteiger partial charge in [0.1, 0.15) is 5.75 Å². The molecular formula is C13H9BrO2. The second-order valence-electron chi connectivity index (χ2n) is 3.36. The molecule has 0 fully saturated rings. The Balaban J connectivity index is 2.39.